The minimum atomic E-state index is 0. The standard InChI is InChI=1S/C27H49N.BrH/c1-4-5-6-7-8-9-10-11-12-13-14-15-16-17-18-19-20-23-26-24-21-22-25-27(26)28(2)3;/h21-22,24-25H,4-20,23H2,1-3H3;1H. The van der Waals surface area contributed by atoms with Gasteiger partial charge in [0.05, 0.1) is 0 Å². The van der Waals surface area contributed by atoms with Gasteiger partial charge in [0.1, 0.15) is 0 Å². The molecule has 1 nitrogen and oxygen atoms in total. The van der Waals surface area contributed by atoms with Crippen molar-refractivity contribution in [2.45, 2.75) is 122 Å². The number of hydrogen-bond donors (Lipinski definition) is 0. The molecule has 0 aliphatic heterocycles. The highest BCUT2D eigenvalue weighted by Crippen LogP contribution is 2.21. The minimum Gasteiger partial charge on any atom is -0.377 e. The highest BCUT2D eigenvalue weighted by atomic mass is 79.9. The summed E-state index contributed by atoms with van der Waals surface area (Å²) in [6.45, 7) is 2.30. The average molecular weight is 469 g/mol. The Balaban J connectivity index is 0.00000784. The molecule has 0 radical (unpaired) electrons. The van der Waals surface area contributed by atoms with E-state index in [1.54, 1.807) is 0 Å². The molecule has 1 aromatic rings. The highest BCUT2D eigenvalue weighted by Gasteiger charge is 2.03. The lowest BCUT2D eigenvalue weighted by molar-refractivity contribution is 0.527. The number of aryl methyl sites for hydroxylation is 1. The first kappa shape index (κ1) is 28.5. The normalized spacial score (nSPS) is 10.7. The Labute approximate surface area is 193 Å². The molecule has 0 aromatic heterocycles. The molecule has 0 N–H and O–H groups in total. The summed E-state index contributed by atoms with van der Waals surface area (Å²) in [5.74, 6) is 0. The van der Waals surface area contributed by atoms with Crippen LogP contribution in [-0.4, -0.2) is 14.1 Å². The Bertz CT molecular complexity index is 458. The van der Waals surface area contributed by atoms with Gasteiger partial charge in [0.2, 0.25) is 0 Å². The Morgan fingerprint density at radius 1 is 0.552 bits per heavy atom. The molecular formula is C27H50BrN. The van der Waals surface area contributed by atoms with Crippen LogP contribution in [0.4, 0.5) is 5.69 Å². The summed E-state index contributed by atoms with van der Waals surface area (Å²) >= 11 is 0. The largest absolute Gasteiger partial charge is 0.377 e. The van der Waals surface area contributed by atoms with Crippen LogP contribution in [0.15, 0.2) is 24.3 Å². The van der Waals surface area contributed by atoms with Gasteiger partial charge in [0.25, 0.3) is 0 Å². The van der Waals surface area contributed by atoms with E-state index in [-0.39, 0.29) is 17.0 Å². The Hall–Kier alpha value is -0.500. The van der Waals surface area contributed by atoms with Crippen molar-refractivity contribution in [3.8, 4) is 0 Å². The van der Waals surface area contributed by atoms with Crippen molar-refractivity contribution in [3.63, 3.8) is 0 Å². The van der Waals surface area contributed by atoms with E-state index in [0.717, 1.165) is 0 Å². The second-order valence-corrected chi connectivity index (χ2v) is 8.93. The zero-order valence-electron chi connectivity index (χ0n) is 19.9. The van der Waals surface area contributed by atoms with Crippen molar-refractivity contribution in [2.24, 2.45) is 0 Å². The van der Waals surface area contributed by atoms with Crippen LogP contribution in [0.25, 0.3) is 0 Å². The van der Waals surface area contributed by atoms with E-state index in [1.807, 2.05) is 0 Å². The van der Waals surface area contributed by atoms with Crippen molar-refractivity contribution >= 4 is 22.7 Å². The van der Waals surface area contributed by atoms with Crippen LogP contribution in [-0.2, 0) is 6.42 Å². The molecule has 0 bridgehead atoms. The molecule has 0 unspecified atom stereocenters. The van der Waals surface area contributed by atoms with Crippen molar-refractivity contribution in [1.29, 1.82) is 0 Å². The quantitative estimate of drug-likeness (QED) is 0.183. The van der Waals surface area contributed by atoms with Crippen LogP contribution in [0, 0.1) is 0 Å². The monoisotopic (exact) mass is 467 g/mol. The first-order chi connectivity index (χ1) is 13.8. The Kier molecular flexibility index (Phi) is 20.4. The van der Waals surface area contributed by atoms with Gasteiger partial charge in [-0.2, -0.15) is 0 Å². The fraction of sp³-hybridized carbons (Fsp3) is 0.778. The number of para-hydroxylation sites is 1. The van der Waals surface area contributed by atoms with E-state index in [2.05, 4.69) is 50.2 Å². The molecule has 0 saturated heterocycles. The Morgan fingerprint density at radius 2 is 0.931 bits per heavy atom. The fourth-order valence-corrected chi connectivity index (χ4v) is 4.20. The van der Waals surface area contributed by atoms with Crippen molar-refractivity contribution in [3.05, 3.63) is 29.8 Å². The van der Waals surface area contributed by atoms with Crippen molar-refractivity contribution in [2.75, 3.05) is 19.0 Å². The molecule has 170 valence electrons. The predicted molar refractivity (Wildman–Crippen MR) is 139 cm³/mol. The average Bonchev–Trinajstić information content (AvgIpc) is 2.70. The maximum absolute atomic E-state index is 2.30. The summed E-state index contributed by atoms with van der Waals surface area (Å²) in [6.07, 6.45) is 25.8. The topological polar surface area (TPSA) is 3.24 Å². The first-order valence-corrected chi connectivity index (χ1v) is 12.5. The van der Waals surface area contributed by atoms with Crippen LogP contribution in [0.1, 0.15) is 122 Å². The van der Waals surface area contributed by atoms with Crippen molar-refractivity contribution in [1.82, 2.24) is 0 Å². The van der Waals surface area contributed by atoms with Gasteiger partial charge in [-0.3, -0.25) is 0 Å². The van der Waals surface area contributed by atoms with Gasteiger partial charge < -0.3 is 4.90 Å². The molecule has 1 rings (SSSR count). The molecule has 0 atom stereocenters. The molecule has 0 fully saturated rings. The summed E-state index contributed by atoms with van der Waals surface area (Å²) in [7, 11) is 4.29. The fourth-order valence-electron chi connectivity index (χ4n) is 4.20. The van der Waals surface area contributed by atoms with Crippen LogP contribution < -0.4 is 4.90 Å². The zero-order valence-corrected chi connectivity index (χ0v) is 21.6. The van der Waals surface area contributed by atoms with E-state index in [0.29, 0.717) is 0 Å². The van der Waals surface area contributed by atoms with E-state index < -0.39 is 0 Å². The number of anilines is 1. The highest BCUT2D eigenvalue weighted by molar-refractivity contribution is 8.93. The second kappa shape index (κ2) is 20.8. The van der Waals surface area contributed by atoms with Gasteiger partial charge in [0, 0.05) is 19.8 Å². The number of unbranched alkanes of at least 4 members (excludes halogenated alkanes) is 16. The summed E-state index contributed by atoms with van der Waals surface area (Å²) in [4.78, 5) is 2.24. The maximum atomic E-state index is 2.30. The molecule has 29 heavy (non-hydrogen) atoms. The molecule has 2 heteroatoms. The molecular weight excluding hydrogens is 418 g/mol. The van der Waals surface area contributed by atoms with Crippen LogP contribution in [0.3, 0.4) is 0 Å². The van der Waals surface area contributed by atoms with E-state index >= 15 is 0 Å². The van der Waals surface area contributed by atoms with Gasteiger partial charge >= 0.3 is 0 Å². The smallest absolute Gasteiger partial charge is 0.0393 e. The van der Waals surface area contributed by atoms with E-state index in [4.69, 9.17) is 0 Å². The number of rotatable bonds is 19. The van der Waals surface area contributed by atoms with Crippen LogP contribution in [0.2, 0.25) is 0 Å². The third-order valence-corrected chi connectivity index (χ3v) is 6.02. The molecule has 0 spiro atoms. The number of benzene rings is 1. The van der Waals surface area contributed by atoms with E-state index in [1.165, 1.54) is 127 Å². The van der Waals surface area contributed by atoms with Gasteiger partial charge in [-0.15, -0.1) is 17.0 Å². The molecule has 0 amide bonds. The van der Waals surface area contributed by atoms with Crippen LogP contribution in [0.5, 0.6) is 0 Å². The maximum Gasteiger partial charge on any atom is 0.0393 e. The lowest BCUT2D eigenvalue weighted by atomic mass is 10.0. The van der Waals surface area contributed by atoms with Crippen molar-refractivity contribution < 1.29 is 0 Å². The molecule has 1 aromatic carbocycles. The lowest BCUT2D eigenvalue weighted by Crippen LogP contribution is -2.11. The first-order valence-electron chi connectivity index (χ1n) is 12.5. The number of nitrogens with zero attached hydrogens (tertiary/aromatic N) is 1. The third kappa shape index (κ3) is 15.9. The zero-order chi connectivity index (χ0) is 20.3. The Morgan fingerprint density at radius 3 is 1.34 bits per heavy atom. The summed E-state index contributed by atoms with van der Waals surface area (Å²) in [5, 5.41) is 0. The van der Waals surface area contributed by atoms with Gasteiger partial charge in [0.15, 0.2) is 0 Å². The van der Waals surface area contributed by atoms with Gasteiger partial charge in [-0.25, -0.2) is 0 Å². The van der Waals surface area contributed by atoms with Gasteiger partial charge in [-0.05, 0) is 24.5 Å². The van der Waals surface area contributed by atoms with Crippen LogP contribution >= 0.6 is 17.0 Å². The summed E-state index contributed by atoms with van der Waals surface area (Å²) < 4.78 is 0. The van der Waals surface area contributed by atoms with Gasteiger partial charge in [-0.1, -0.05) is 128 Å². The minimum absolute atomic E-state index is 0. The van der Waals surface area contributed by atoms with E-state index in [9.17, 15) is 0 Å². The summed E-state index contributed by atoms with van der Waals surface area (Å²) in [6, 6.07) is 8.86. The number of halogens is 1. The predicted octanol–water partition coefficient (Wildman–Crippen LogP) is 9.52. The molecule has 0 saturated carbocycles. The molecule has 0 aliphatic carbocycles. The lowest BCUT2D eigenvalue weighted by Gasteiger charge is -2.17. The number of hydrogen-bond acceptors (Lipinski definition) is 1. The summed E-state index contributed by atoms with van der Waals surface area (Å²) in [5.41, 5.74) is 2.90. The second-order valence-electron chi connectivity index (χ2n) is 8.93. The SMILES string of the molecule is Br.CCCCCCCCCCCCCCCCCCCc1ccccc1N(C)C. The molecule has 0 aliphatic rings. The molecule has 0 heterocycles. The third-order valence-electron chi connectivity index (χ3n) is 6.02.